The minimum absolute atomic E-state index is 0.213. The van der Waals surface area contributed by atoms with Gasteiger partial charge in [0.05, 0.1) is 5.75 Å². The van der Waals surface area contributed by atoms with E-state index in [0.717, 1.165) is 10.3 Å². The maximum absolute atomic E-state index is 11.5. The minimum Gasteiger partial charge on any atom is -0.447 e. The number of carbonyl (C=O) groups excluding carboxylic acids is 1. The van der Waals surface area contributed by atoms with Gasteiger partial charge in [0.25, 0.3) is 0 Å². The summed E-state index contributed by atoms with van der Waals surface area (Å²) < 4.78 is 4.89. The van der Waals surface area contributed by atoms with Crippen LogP contribution < -0.4 is 0 Å². The Hall–Kier alpha value is -1.99. The van der Waals surface area contributed by atoms with Crippen molar-refractivity contribution in [1.29, 1.82) is 5.26 Å². The molecule has 0 aliphatic heterocycles. The normalized spacial score (nSPS) is 11.8. The van der Waals surface area contributed by atoms with E-state index in [2.05, 4.69) is 0 Å². The zero-order valence-corrected chi connectivity index (χ0v) is 11.3. The third-order valence-corrected chi connectivity index (χ3v) is 3.53. The number of rotatable bonds is 4. The molecule has 1 atom stereocenters. The molecule has 0 saturated heterocycles. The number of nitriles is 1. The molecule has 96 valence electrons. The molecule has 0 bridgehead atoms. The molecule has 0 aliphatic carbocycles. The summed E-state index contributed by atoms with van der Waals surface area (Å²) in [7, 11) is 0. The highest BCUT2D eigenvalue weighted by Gasteiger charge is 2.08. The van der Waals surface area contributed by atoms with Gasteiger partial charge in [0.1, 0.15) is 6.07 Å². The molecule has 0 radical (unpaired) electrons. The highest BCUT2D eigenvalue weighted by atomic mass is 32.2. The number of fused-ring (bicyclic) bond motifs is 1. The van der Waals surface area contributed by atoms with Gasteiger partial charge in [-0.25, -0.2) is 0 Å². The van der Waals surface area contributed by atoms with Crippen LogP contribution in [0, 0.1) is 11.3 Å². The van der Waals surface area contributed by atoms with Gasteiger partial charge < -0.3 is 4.74 Å². The molecule has 0 heterocycles. The summed E-state index contributed by atoms with van der Waals surface area (Å²) in [5.74, 6) is -0.156. The Morgan fingerprint density at radius 3 is 2.79 bits per heavy atom. The highest BCUT2D eigenvalue weighted by Crippen LogP contribution is 2.23. The van der Waals surface area contributed by atoms with E-state index in [0.29, 0.717) is 0 Å². The average molecular weight is 271 g/mol. The zero-order chi connectivity index (χ0) is 13.7. The van der Waals surface area contributed by atoms with E-state index in [1.807, 2.05) is 48.5 Å². The quantitative estimate of drug-likeness (QED) is 0.632. The van der Waals surface area contributed by atoms with Gasteiger partial charge in [-0.3, -0.25) is 4.79 Å². The van der Waals surface area contributed by atoms with Crippen LogP contribution in [0.5, 0.6) is 0 Å². The Morgan fingerprint density at radius 1 is 1.32 bits per heavy atom. The van der Waals surface area contributed by atoms with E-state index >= 15 is 0 Å². The van der Waals surface area contributed by atoms with Crippen LogP contribution in [-0.2, 0) is 9.53 Å². The first-order chi connectivity index (χ1) is 9.19. The zero-order valence-electron chi connectivity index (χ0n) is 10.5. The first-order valence-electron chi connectivity index (χ1n) is 5.90. The number of benzene rings is 2. The molecule has 0 saturated carbocycles. The number of ether oxygens (including phenoxy) is 1. The molecule has 0 unspecified atom stereocenters. The van der Waals surface area contributed by atoms with E-state index in [4.69, 9.17) is 10.00 Å². The predicted molar refractivity (Wildman–Crippen MR) is 75.8 cm³/mol. The molecule has 4 heteroatoms. The minimum atomic E-state index is -0.690. The van der Waals surface area contributed by atoms with Gasteiger partial charge in [-0.05, 0) is 29.8 Å². The van der Waals surface area contributed by atoms with Crippen LogP contribution in [0.1, 0.15) is 6.92 Å². The first kappa shape index (κ1) is 13.4. The van der Waals surface area contributed by atoms with Crippen molar-refractivity contribution in [3.05, 3.63) is 42.5 Å². The van der Waals surface area contributed by atoms with E-state index in [-0.39, 0.29) is 11.7 Å². The molecule has 0 spiro atoms. The molecular formula is C15H13NO2S. The standard InChI is InChI=1S/C15H13NO2S/c1-11(9-16)18-15(17)10-19-14-7-6-12-4-2-3-5-13(12)8-14/h2-8,11H,10H2,1H3/t11-/m0/s1. The van der Waals surface area contributed by atoms with Gasteiger partial charge in [0.15, 0.2) is 6.10 Å². The number of esters is 1. The summed E-state index contributed by atoms with van der Waals surface area (Å²) in [5.41, 5.74) is 0. The van der Waals surface area contributed by atoms with Crippen LogP contribution in [0.25, 0.3) is 10.8 Å². The molecule has 2 aromatic rings. The Morgan fingerprint density at radius 2 is 2.05 bits per heavy atom. The molecule has 0 aromatic heterocycles. The van der Waals surface area contributed by atoms with Gasteiger partial charge in [-0.2, -0.15) is 5.26 Å². The lowest BCUT2D eigenvalue weighted by atomic mass is 10.1. The Labute approximate surface area is 116 Å². The van der Waals surface area contributed by atoms with Crippen molar-refractivity contribution in [1.82, 2.24) is 0 Å². The van der Waals surface area contributed by atoms with E-state index in [9.17, 15) is 4.79 Å². The van der Waals surface area contributed by atoms with Crippen molar-refractivity contribution in [2.24, 2.45) is 0 Å². The number of thioether (sulfide) groups is 1. The molecule has 2 aromatic carbocycles. The maximum Gasteiger partial charge on any atom is 0.317 e. The molecule has 0 N–H and O–H groups in total. The molecule has 19 heavy (non-hydrogen) atoms. The lowest BCUT2D eigenvalue weighted by Crippen LogP contribution is -2.14. The van der Waals surface area contributed by atoms with Crippen molar-refractivity contribution in [2.45, 2.75) is 17.9 Å². The van der Waals surface area contributed by atoms with E-state index in [1.165, 1.54) is 17.1 Å². The maximum atomic E-state index is 11.5. The smallest absolute Gasteiger partial charge is 0.317 e. The topological polar surface area (TPSA) is 50.1 Å². The summed E-state index contributed by atoms with van der Waals surface area (Å²) in [6, 6.07) is 16.0. The Balaban J connectivity index is 1.98. The van der Waals surface area contributed by atoms with Crippen molar-refractivity contribution in [3.8, 4) is 6.07 Å². The van der Waals surface area contributed by atoms with Crippen molar-refractivity contribution in [2.75, 3.05) is 5.75 Å². The van der Waals surface area contributed by atoms with Crippen LogP contribution in [-0.4, -0.2) is 17.8 Å². The summed E-state index contributed by atoms with van der Waals surface area (Å²) in [5, 5.41) is 10.9. The van der Waals surface area contributed by atoms with E-state index in [1.54, 1.807) is 6.92 Å². The van der Waals surface area contributed by atoms with Gasteiger partial charge in [-0.1, -0.05) is 30.3 Å². The van der Waals surface area contributed by atoms with Gasteiger partial charge in [0, 0.05) is 4.90 Å². The Bertz CT molecular complexity index is 633. The third-order valence-electron chi connectivity index (χ3n) is 2.57. The number of hydrogen-bond donors (Lipinski definition) is 0. The largest absolute Gasteiger partial charge is 0.447 e. The monoisotopic (exact) mass is 271 g/mol. The summed E-state index contributed by atoms with van der Waals surface area (Å²) in [6.07, 6.45) is -0.690. The number of hydrogen-bond acceptors (Lipinski definition) is 4. The predicted octanol–water partition coefficient (Wildman–Crippen LogP) is 3.39. The fourth-order valence-corrected chi connectivity index (χ4v) is 2.38. The molecular weight excluding hydrogens is 258 g/mol. The van der Waals surface area contributed by atoms with E-state index < -0.39 is 6.10 Å². The second-order valence-electron chi connectivity index (χ2n) is 4.06. The second kappa shape index (κ2) is 6.26. The van der Waals surface area contributed by atoms with Gasteiger partial charge in [0.2, 0.25) is 0 Å². The Kier molecular flexibility index (Phi) is 4.43. The van der Waals surface area contributed by atoms with Crippen LogP contribution in [0.2, 0.25) is 0 Å². The summed E-state index contributed by atoms with van der Waals surface area (Å²) in [6.45, 7) is 1.55. The van der Waals surface area contributed by atoms with Gasteiger partial charge >= 0.3 is 5.97 Å². The van der Waals surface area contributed by atoms with Crippen LogP contribution in [0.4, 0.5) is 0 Å². The summed E-state index contributed by atoms with van der Waals surface area (Å²) >= 11 is 1.41. The average Bonchev–Trinajstić information content (AvgIpc) is 2.44. The number of nitrogens with zero attached hydrogens (tertiary/aromatic N) is 1. The number of carbonyl (C=O) groups is 1. The van der Waals surface area contributed by atoms with Crippen LogP contribution >= 0.6 is 11.8 Å². The van der Waals surface area contributed by atoms with Gasteiger partial charge in [-0.15, -0.1) is 11.8 Å². The fourth-order valence-electron chi connectivity index (χ4n) is 1.66. The van der Waals surface area contributed by atoms with Crippen LogP contribution in [0.15, 0.2) is 47.4 Å². The molecule has 0 aliphatic rings. The summed E-state index contributed by atoms with van der Waals surface area (Å²) in [4.78, 5) is 12.5. The van der Waals surface area contributed by atoms with Crippen molar-refractivity contribution in [3.63, 3.8) is 0 Å². The lowest BCUT2D eigenvalue weighted by molar-refractivity contribution is -0.142. The molecule has 0 amide bonds. The van der Waals surface area contributed by atoms with Crippen molar-refractivity contribution >= 4 is 28.5 Å². The third kappa shape index (κ3) is 3.73. The van der Waals surface area contributed by atoms with Crippen LogP contribution in [0.3, 0.4) is 0 Å². The van der Waals surface area contributed by atoms with Crippen molar-refractivity contribution < 1.29 is 9.53 Å². The molecule has 3 nitrogen and oxygen atoms in total. The molecule has 0 fully saturated rings. The molecule has 2 rings (SSSR count). The second-order valence-corrected chi connectivity index (χ2v) is 5.11. The fraction of sp³-hybridized carbons (Fsp3) is 0.200. The highest BCUT2D eigenvalue weighted by molar-refractivity contribution is 8.00. The first-order valence-corrected chi connectivity index (χ1v) is 6.88. The lowest BCUT2D eigenvalue weighted by Gasteiger charge is -2.06. The SMILES string of the molecule is C[C@@H](C#N)OC(=O)CSc1ccc2ccccc2c1.